The van der Waals surface area contributed by atoms with Crippen molar-refractivity contribution < 1.29 is 0 Å². The summed E-state index contributed by atoms with van der Waals surface area (Å²) in [5.74, 6) is 0.691. The first-order valence-corrected chi connectivity index (χ1v) is 5.84. The van der Waals surface area contributed by atoms with E-state index in [0.717, 1.165) is 19.5 Å². The van der Waals surface area contributed by atoms with Gasteiger partial charge >= 0.3 is 0 Å². The monoisotopic (exact) mass is 200 g/mol. The van der Waals surface area contributed by atoms with Crippen molar-refractivity contribution in [2.75, 3.05) is 13.1 Å². The van der Waals surface area contributed by atoms with Crippen LogP contribution in [0.15, 0.2) is 0 Å². The minimum Gasteiger partial charge on any atom is -0.327 e. The van der Waals surface area contributed by atoms with Crippen LogP contribution in [0.25, 0.3) is 0 Å². The van der Waals surface area contributed by atoms with Crippen LogP contribution in [0, 0.1) is 11.3 Å². The van der Waals surface area contributed by atoms with Crippen molar-refractivity contribution in [1.82, 2.24) is 5.32 Å². The summed E-state index contributed by atoms with van der Waals surface area (Å²) in [7, 11) is 0. The fraction of sp³-hybridized carbons (Fsp3) is 1.00. The molecule has 0 fully saturated rings. The van der Waals surface area contributed by atoms with Crippen molar-refractivity contribution in [1.29, 1.82) is 0 Å². The van der Waals surface area contributed by atoms with Gasteiger partial charge in [-0.15, -0.1) is 0 Å². The van der Waals surface area contributed by atoms with Crippen molar-refractivity contribution in [2.24, 2.45) is 17.1 Å². The standard InChI is InChI=1S/C12H28N2/c1-6-7-11(13)9-14-8-10(2)12(3,4)5/h10-11,14H,6-9,13H2,1-5H3. The van der Waals surface area contributed by atoms with E-state index in [0.29, 0.717) is 17.4 Å². The van der Waals surface area contributed by atoms with Crippen LogP contribution in [0.3, 0.4) is 0 Å². The van der Waals surface area contributed by atoms with Gasteiger partial charge in [0.25, 0.3) is 0 Å². The molecule has 0 aromatic carbocycles. The summed E-state index contributed by atoms with van der Waals surface area (Å²) in [4.78, 5) is 0. The zero-order chi connectivity index (χ0) is 11.2. The van der Waals surface area contributed by atoms with Gasteiger partial charge in [0.15, 0.2) is 0 Å². The van der Waals surface area contributed by atoms with Gasteiger partial charge in [-0.25, -0.2) is 0 Å². The average molecular weight is 200 g/mol. The highest BCUT2D eigenvalue weighted by atomic mass is 14.9. The van der Waals surface area contributed by atoms with Gasteiger partial charge in [-0.05, 0) is 24.3 Å². The molecular formula is C12H28N2. The van der Waals surface area contributed by atoms with Gasteiger partial charge in [0.1, 0.15) is 0 Å². The van der Waals surface area contributed by atoms with Crippen LogP contribution in [-0.2, 0) is 0 Å². The SMILES string of the molecule is CCCC(N)CNCC(C)C(C)(C)C. The van der Waals surface area contributed by atoms with Gasteiger partial charge in [-0.3, -0.25) is 0 Å². The van der Waals surface area contributed by atoms with Crippen LogP contribution in [0.2, 0.25) is 0 Å². The number of hydrogen-bond acceptors (Lipinski definition) is 2. The zero-order valence-electron chi connectivity index (χ0n) is 10.6. The van der Waals surface area contributed by atoms with Gasteiger partial charge in [-0.2, -0.15) is 0 Å². The third-order valence-electron chi connectivity index (χ3n) is 2.99. The van der Waals surface area contributed by atoms with Crippen LogP contribution in [0.5, 0.6) is 0 Å². The molecule has 0 amide bonds. The normalized spacial score (nSPS) is 16.7. The Bertz CT molecular complexity index is 138. The topological polar surface area (TPSA) is 38.0 Å². The van der Waals surface area contributed by atoms with Crippen LogP contribution < -0.4 is 11.1 Å². The van der Waals surface area contributed by atoms with Crippen LogP contribution in [0.1, 0.15) is 47.5 Å². The van der Waals surface area contributed by atoms with Gasteiger partial charge in [0.2, 0.25) is 0 Å². The van der Waals surface area contributed by atoms with Crippen LogP contribution >= 0.6 is 0 Å². The molecule has 2 nitrogen and oxygen atoms in total. The molecule has 2 atom stereocenters. The highest BCUT2D eigenvalue weighted by Gasteiger charge is 2.19. The quantitative estimate of drug-likeness (QED) is 0.691. The summed E-state index contributed by atoms with van der Waals surface area (Å²) in [5, 5.41) is 3.45. The van der Waals surface area contributed by atoms with Crippen LogP contribution in [-0.4, -0.2) is 19.1 Å². The molecule has 0 aromatic heterocycles. The lowest BCUT2D eigenvalue weighted by Crippen LogP contribution is -2.38. The molecule has 86 valence electrons. The molecule has 2 heteroatoms. The summed E-state index contributed by atoms with van der Waals surface area (Å²) in [6.07, 6.45) is 2.30. The molecule has 2 unspecified atom stereocenters. The molecule has 0 aliphatic rings. The highest BCUT2D eigenvalue weighted by Crippen LogP contribution is 2.24. The minimum atomic E-state index is 0.326. The molecular weight excluding hydrogens is 172 g/mol. The Morgan fingerprint density at radius 1 is 1.21 bits per heavy atom. The van der Waals surface area contributed by atoms with Crippen molar-refractivity contribution in [3.05, 3.63) is 0 Å². The van der Waals surface area contributed by atoms with Crippen molar-refractivity contribution in [3.63, 3.8) is 0 Å². The first kappa shape index (κ1) is 13.9. The van der Waals surface area contributed by atoms with E-state index < -0.39 is 0 Å². The summed E-state index contributed by atoms with van der Waals surface area (Å²) in [6, 6.07) is 0.326. The van der Waals surface area contributed by atoms with E-state index >= 15 is 0 Å². The smallest absolute Gasteiger partial charge is 0.0165 e. The second-order valence-corrected chi connectivity index (χ2v) is 5.47. The molecule has 0 radical (unpaired) electrons. The average Bonchev–Trinajstić information content (AvgIpc) is 2.02. The number of hydrogen-bond donors (Lipinski definition) is 2. The molecule has 3 N–H and O–H groups in total. The van der Waals surface area contributed by atoms with Gasteiger partial charge in [-0.1, -0.05) is 41.0 Å². The lowest BCUT2D eigenvalue weighted by Gasteiger charge is -2.28. The molecule has 0 saturated heterocycles. The predicted octanol–water partition coefficient (Wildman–Crippen LogP) is 2.39. The van der Waals surface area contributed by atoms with Crippen molar-refractivity contribution in [2.45, 2.75) is 53.5 Å². The Labute approximate surface area is 89.6 Å². The Kier molecular flexibility index (Phi) is 6.38. The summed E-state index contributed by atoms with van der Waals surface area (Å²) in [6.45, 7) is 13.3. The lowest BCUT2D eigenvalue weighted by molar-refractivity contribution is 0.251. The fourth-order valence-electron chi connectivity index (χ4n) is 1.26. The Balaban J connectivity index is 3.54. The molecule has 0 aliphatic carbocycles. The maximum Gasteiger partial charge on any atom is 0.0165 e. The van der Waals surface area contributed by atoms with Gasteiger partial charge in [0.05, 0.1) is 0 Å². The third kappa shape index (κ3) is 6.39. The molecule has 0 saturated carbocycles. The van der Waals surface area contributed by atoms with Crippen molar-refractivity contribution in [3.8, 4) is 0 Å². The predicted molar refractivity (Wildman–Crippen MR) is 64.4 cm³/mol. The summed E-state index contributed by atoms with van der Waals surface area (Å²) in [5.41, 5.74) is 6.31. The van der Waals surface area contributed by atoms with Gasteiger partial charge in [0, 0.05) is 12.6 Å². The van der Waals surface area contributed by atoms with E-state index in [1.807, 2.05) is 0 Å². The molecule has 0 bridgehead atoms. The van der Waals surface area contributed by atoms with E-state index in [4.69, 9.17) is 5.73 Å². The Hall–Kier alpha value is -0.0800. The second-order valence-electron chi connectivity index (χ2n) is 5.47. The molecule has 0 aliphatic heterocycles. The summed E-state index contributed by atoms with van der Waals surface area (Å²) < 4.78 is 0. The van der Waals surface area contributed by atoms with E-state index in [-0.39, 0.29) is 0 Å². The highest BCUT2D eigenvalue weighted by molar-refractivity contribution is 4.73. The Morgan fingerprint density at radius 2 is 1.79 bits per heavy atom. The lowest BCUT2D eigenvalue weighted by atomic mass is 9.82. The fourth-order valence-corrected chi connectivity index (χ4v) is 1.26. The maximum atomic E-state index is 5.92. The minimum absolute atomic E-state index is 0.326. The summed E-state index contributed by atoms with van der Waals surface area (Å²) >= 11 is 0. The largest absolute Gasteiger partial charge is 0.327 e. The molecule has 14 heavy (non-hydrogen) atoms. The van der Waals surface area contributed by atoms with Crippen molar-refractivity contribution >= 4 is 0 Å². The Morgan fingerprint density at radius 3 is 2.21 bits per heavy atom. The first-order valence-electron chi connectivity index (χ1n) is 5.84. The molecule has 0 rings (SSSR count). The van der Waals surface area contributed by atoms with E-state index in [1.54, 1.807) is 0 Å². The first-order chi connectivity index (χ1) is 6.38. The molecule has 0 aromatic rings. The van der Waals surface area contributed by atoms with Gasteiger partial charge < -0.3 is 11.1 Å². The third-order valence-corrected chi connectivity index (χ3v) is 2.99. The molecule has 0 heterocycles. The van der Waals surface area contributed by atoms with E-state index in [9.17, 15) is 0 Å². The van der Waals surface area contributed by atoms with Crippen LogP contribution in [0.4, 0.5) is 0 Å². The number of rotatable bonds is 6. The second kappa shape index (κ2) is 6.41. The zero-order valence-corrected chi connectivity index (χ0v) is 10.6. The number of nitrogens with one attached hydrogen (secondary N) is 1. The molecule has 0 spiro atoms. The number of nitrogens with two attached hydrogens (primary N) is 1. The van der Waals surface area contributed by atoms with E-state index in [2.05, 4.69) is 39.9 Å². The maximum absolute atomic E-state index is 5.92. The van der Waals surface area contributed by atoms with E-state index in [1.165, 1.54) is 6.42 Å².